The van der Waals surface area contributed by atoms with Crippen molar-refractivity contribution >= 4 is 5.95 Å². The van der Waals surface area contributed by atoms with Gasteiger partial charge in [-0.05, 0) is 37.7 Å². The Morgan fingerprint density at radius 3 is 2.81 bits per heavy atom. The average molecular weight is 352 g/mol. The quantitative estimate of drug-likeness (QED) is 0.923. The van der Waals surface area contributed by atoms with Crippen LogP contribution in [0.2, 0.25) is 0 Å². The summed E-state index contributed by atoms with van der Waals surface area (Å²) < 4.78 is 0. The molecule has 26 heavy (non-hydrogen) atoms. The van der Waals surface area contributed by atoms with Gasteiger partial charge in [0.2, 0.25) is 5.95 Å². The highest BCUT2D eigenvalue weighted by Gasteiger charge is 2.24. The molecule has 0 spiro atoms. The second-order valence-electron chi connectivity index (χ2n) is 7.93. The Kier molecular flexibility index (Phi) is 4.81. The molecule has 4 rings (SSSR count). The molecule has 0 atom stereocenters. The standard InChI is InChI=1S/C21H28N4O/c1-15-6-10-25(11-7-15)21-22-19-14-24(9-8-18(19)20(26)23-21)13-17-5-3-4-16(2)12-17/h3-5,12,15H,6-11,13-14H2,1-2H3,(H,22,23,26). The van der Waals surface area contributed by atoms with Gasteiger partial charge in [0, 0.05) is 38.3 Å². The van der Waals surface area contributed by atoms with Gasteiger partial charge in [0.25, 0.3) is 5.56 Å². The monoisotopic (exact) mass is 352 g/mol. The number of aryl methyl sites for hydroxylation is 1. The first-order valence-corrected chi connectivity index (χ1v) is 9.73. The van der Waals surface area contributed by atoms with E-state index in [0.29, 0.717) is 0 Å². The predicted molar refractivity (Wildman–Crippen MR) is 104 cm³/mol. The second kappa shape index (κ2) is 7.23. The van der Waals surface area contributed by atoms with Crippen LogP contribution in [0.25, 0.3) is 0 Å². The number of rotatable bonds is 3. The summed E-state index contributed by atoms with van der Waals surface area (Å²) in [5.74, 6) is 1.53. The van der Waals surface area contributed by atoms with Crippen LogP contribution in [0.1, 0.15) is 42.1 Å². The fraction of sp³-hybridized carbons (Fsp3) is 0.524. The molecule has 138 valence electrons. The maximum absolute atomic E-state index is 12.6. The highest BCUT2D eigenvalue weighted by atomic mass is 16.1. The van der Waals surface area contributed by atoms with E-state index in [0.717, 1.165) is 62.3 Å². The van der Waals surface area contributed by atoms with E-state index in [9.17, 15) is 4.79 Å². The molecule has 2 aliphatic rings. The van der Waals surface area contributed by atoms with Crippen molar-refractivity contribution in [2.45, 2.75) is 46.2 Å². The number of hydrogen-bond acceptors (Lipinski definition) is 4. The number of nitrogens with zero attached hydrogens (tertiary/aromatic N) is 3. The van der Waals surface area contributed by atoms with Crippen molar-refractivity contribution in [3.05, 3.63) is 57.0 Å². The lowest BCUT2D eigenvalue weighted by Gasteiger charge is -2.32. The van der Waals surface area contributed by atoms with E-state index < -0.39 is 0 Å². The maximum atomic E-state index is 12.6. The first kappa shape index (κ1) is 17.3. The molecule has 0 amide bonds. The molecule has 2 aromatic rings. The molecule has 1 saturated heterocycles. The molecule has 0 unspecified atom stereocenters. The van der Waals surface area contributed by atoms with Crippen LogP contribution < -0.4 is 10.5 Å². The van der Waals surface area contributed by atoms with E-state index in [1.165, 1.54) is 24.0 Å². The zero-order valence-electron chi connectivity index (χ0n) is 15.8. The molecular weight excluding hydrogens is 324 g/mol. The molecule has 1 aromatic heterocycles. The third-order valence-electron chi connectivity index (χ3n) is 5.71. The Bertz CT molecular complexity index is 836. The number of anilines is 1. The van der Waals surface area contributed by atoms with E-state index in [1.54, 1.807) is 0 Å². The van der Waals surface area contributed by atoms with E-state index in [1.807, 2.05) is 0 Å². The average Bonchev–Trinajstić information content (AvgIpc) is 2.62. The number of aromatic nitrogens is 2. The fourth-order valence-corrected chi connectivity index (χ4v) is 4.05. The summed E-state index contributed by atoms with van der Waals surface area (Å²) in [6.07, 6.45) is 3.11. The van der Waals surface area contributed by atoms with Crippen molar-refractivity contribution in [1.29, 1.82) is 0 Å². The Morgan fingerprint density at radius 1 is 1.23 bits per heavy atom. The highest BCUT2D eigenvalue weighted by Crippen LogP contribution is 2.22. The first-order valence-electron chi connectivity index (χ1n) is 9.73. The largest absolute Gasteiger partial charge is 0.342 e. The van der Waals surface area contributed by atoms with Crippen molar-refractivity contribution in [2.75, 3.05) is 24.5 Å². The lowest BCUT2D eigenvalue weighted by molar-refractivity contribution is 0.240. The zero-order valence-corrected chi connectivity index (χ0v) is 15.8. The molecule has 5 nitrogen and oxygen atoms in total. The topological polar surface area (TPSA) is 52.2 Å². The Hall–Kier alpha value is -2.14. The van der Waals surface area contributed by atoms with Crippen LogP contribution >= 0.6 is 0 Å². The molecule has 0 bridgehead atoms. The van der Waals surface area contributed by atoms with Gasteiger partial charge < -0.3 is 4.90 Å². The first-order chi connectivity index (χ1) is 12.6. The number of aromatic amines is 1. The van der Waals surface area contributed by atoms with E-state index in [-0.39, 0.29) is 5.56 Å². The SMILES string of the molecule is Cc1cccc(CN2CCc3c(nc(N4CCC(C)CC4)[nH]c3=O)C2)c1. The van der Waals surface area contributed by atoms with E-state index >= 15 is 0 Å². The van der Waals surface area contributed by atoms with Crippen molar-refractivity contribution in [3.8, 4) is 0 Å². The van der Waals surface area contributed by atoms with Crippen LogP contribution in [0.15, 0.2) is 29.1 Å². The van der Waals surface area contributed by atoms with Crippen molar-refractivity contribution < 1.29 is 0 Å². The van der Waals surface area contributed by atoms with Gasteiger partial charge in [-0.1, -0.05) is 36.8 Å². The number of nitrogens with one attached hydrogen (secondary N) is 1. The van der Waals surface area contributed by atoms with Crippen LogP contribution in [0.5, 0.6) is 0 Å². The smallest absolute Gasteiger partial charge is 0.255 e. The molecule has 1 aromatic carbocycles. The van der Waals surface area contributed by atoms with E-state index in [4.69, 9.17) is 4.98 Å². The third-order valence-corrected chi connectivity index (χ3v) is 5.71. The summed E-state index contributed by atoms with van der Waals surface area (Å²) in [4.78, 5) is 25.1. The molecule has 2 aliphatic heterocycles. The molecule has 0 saturated carbocycles. The normalized spacial score (nSPS) is 18.8. The molecule has 1 fully saturated rings. The number of fused-ring (bicyclic) bond motifs is 1. The van der Waals surface area contributed by atoms with Crippen LogP contribution in [-0.4, -0.2) is 34.5 Å². The van der Waals surface area contributed by atoms with Gasteiger partial charge in [-0.2, -0.15) is 0 Å². The van der Waals surface area contributed by atoms with Gasteiger partial charge in [-0.25, -0.2) is 4.98 Å². The highest BCUT2D eigenvalue weighted by molar-refractivity contribution is 5.35. The Labute approximate surface area is 155 Å². The maximum Gasteiger partial charge on any atom is 0.255 e. The summed E-state index contributed by atoms with van der Waals surface area (Å²) in [7, 11) is 0. The van der Waals surface area contributed by atoms with Crippen molar-refractivity contribution in [1.82, 2.24) is 14.9 Å². The number of hydrogen-bond donors (Lipinski definition) is 1. The molecule has 5 heteroatoms. The molecule has 3 heterocycles. The van der Waals surface area contributed by atoms with Crippen LogP contribution in [0.3, 0.4) is 0 Å². The molecule has 0 radical (unpaired) electrons. The van der Waals surface area contributed by atoms with Crippen LogP contribution in [0, 0.1) is 12.8 Å². The number of benzene rings is 1. The minimum atomic E-state index is 0.0545. The van der Waals surface area contributed by atoms with Crippen molar-refractivity contribution in [3.63, 3.8) is 0 Å². The Balaban J connectivity index is 1.53. The lowest BCUT2D eigenvalue weighted by atomic mass is 9.99. The summed E-state index contributed by atoms with van der Waals surface area (Å²) in [5, 5.41) is 0. The van der Waals surface area contributed by atoms with Gasteiger partial charge in [0.15, 0.2) is 0 Å². The Morgan fingerprint density at radius 2 is 2.04 bits per heavy atom. The minimum Gasteiger partial charge on any atom is -0.342 e. The van der Waals surface area contributed by atoms with E-state index in [2.05, 4.69) is 52.9 Å². The molecule has 0 aliphatic carbocycles. The molecular formula is C21H28N4O. The van der Waals surface area contributed by atoms with Crippen LogP contribution in [0.4, 0.5) is 5.95 Å². The summed E-state index contributed by atoms with van der Waals surface area (Å²) >= 11 is 0. The summed E-state index contributed by atoms with van der Waals surface area (Å²) in [6, 6.07) is 8.65. The summed E-state index contributed by atoms with van der Waals surface area (Å²) in [6.45, 7) is 8.96. The predicted octanol–water partition coefficient (Wildman–Crippen LogP) is 2.87. The minimum absolute atomic E-state index is 0.0545. The van der Waals surface area contributed by atoms with Gasteiger partial charge in [0.1, 0.15) is 0 Å². The number of piperidine rings is 1. The molecule has 1 N–H and O–H groups in total. The lowest BCUT2D eigenvalue weighted by Crippen LogP contribution is -2.39. The third kappa shape index (κ3) is 3.68. The number of H-pyrrole nitrogens is 1. The van der Waals surface area contributed by atoms with Gasteiger partial charge in [-0.15, -0.1) is 0 Å². The van der Waals surface area contributed by atoms with Gasteiger partial charge in [0.05, 0.1) is 5.69 Å². The van der Waals surface area contributed by atoms with Crippen molar-refractivity contribution in [2.24, 2.45) is 5.92 Å². The summed E-state index contributed by atoms with van der Waals surface area (Å²) in [5.41, 5.74) is 4.50. The zero-order chi connectivity index (χ0) is 18.1. The van der Waals surface area contributed by atoms with Gasteiger partial charge in [-0.3, -0.25) is 14.7 Å². The fourth-order valence-electron chi connectivity index (χ4n) is 4.05. The van der Waals surface area contributed by atoms with Gasteiger partial charge >= 0.3 is 0 Å². The second-order valence-corrected chi connectivity index (χ2v) is 7.93. The van der Waals surface area contributed by atoms with Crippen LogP contribution in [-0.2, 0) is 19.5 Å².